The molecule has 3 rings (SSSR count). The van der Waals surface area contributed by atoms with E-state index in [1.165, 1.54) is 7.11 Å². The van der Waals surface area contributed by atoms with E-state index in [1.807, 2.05) is 6.07 Å². The van der Waals surface area contributed by atoms with E-state index in [1.54, 1.807) is 12.1 Å². The number of fused-ring (bicyclic) bond motifs is 3. The van der Waals surface area contributed by atoms with Crippen molar-refractivity contribution in [1.29, 1.82) is 0 Å². The van der Waals surface area contributed by atoms with Gasteiger partial charge in [-0.05, 0) is 24.5 Å². The summed E-state index contributed by atoms with van der Waals surface area (Å²) in [5, 5.41) is 5.11. The van der Waals surface area contributed by atoms with Gasteiger partial charge in [0.15, 0.2) is 0 Å². The maximum atomic E-state index is 12.4. The zero-order valence-corrected chi connectivity index (χ0v) is 10.7. The minimum atomic E-state index is -4.88. The predicted octanol–water partition coefficient (Wildman–Crippen LogP) is 2.37. The lowest BCUT2D eigenvalue weighted by Crippen LogP contribution is -2.63. The minimum absolute atomic E-state index is 0.154. The largest absolute Gasteiger partial charge is 0.495 e. The second-order valence-electron chi connectivity index (χ2n) is 5.06. The van der Waals surface area contributed by atoms with Gasteiger partial charge in [-0.25, -0.2) is 0 Å². The molecule has 1 heterocycles. The molecular weight excluding hydrogens is 273 g/mol. The number of anilines is 1. The summed E-state index contributed by atoms with van der Waals surface area (Å²) >= 11 is 0. The summed E-state index contributed by atoms with van der Waals surface area (Å²) in [7, 11) is 1.50. The van der Waals surface area contributed by atoms with E-state index in [-0.39, 0.29) is 5.92 Å². The summed E-state index contributed by atoms with van der Waals surface area (Å²) < 4.78 is 42.5. The number of carbonyl (C=O) groups excluding carboxylic acids is 1. The van der Waals surface area contributed by atoms with Gasteiger partial charge in [0, 0.05) is 5.92 Å². The maximum Gasteiger partial charge on any atom is 0.471 e. The van der Waals surface area contributed by atoms with E-state index in [0.717, 1.165) is 12.0 Å². The van der Waals surface area contributed by atoms with Gasteiger partial charge < -0.3 is 15.4 Å². The smallest absolute Gasteiger partial charge is 0.471 e. The standard InChI is InChI=1S/C13H13F3N2O2/c1-20-9-4-2-3-7-8-5-6-12(8,17-10(7)9)18-11(19)13(14,15)16/h2-4,8,17H,5-6H2,1H3,(H,18,19)/t8-,12+/m0/s1. The number of hydrogen-bond donors (Lipinski definition) is 2. The molecule has 1 aliphatic heterocycles. The molecule has 1 aromatic rings. The van der Waals surface area contributed by atoms with Gasteiger partial charge >= 0.3 is 12.1 Å². The Morgan fingerprint density at radius 1 is 1.50 bits per heavy atom. The van der Waals surface area contributed by atoms with Crippen LogP contribution in [-0.2, 0) is 4.79 Å². The lowest BCUT2D eigenvalue weighted by Gasteiger charge is -2.45. The summed E-state index contributed by atoms with van der Waals surface area (Å²) in [5.74, 6) is -1.50. The van der Waals surface area contributed by atoms with Crippen LogP contribution >= 0.6 is 0 Å². The van der Waals surface area contributed by atoms with Crippen molar-refractivity contribution >= 4 is 11.6 Å². The fraction of sp³-hybridized carbons (Fsp3) is 0.462. The van der Waals surface area contributed by atoms with Crippen LogP contribution in [0.2, 0.25) is 0 Å². The summed E-state index contributed by atoms with van der Waals surface area (Å²) in [4.78, 5) is 11.2. The summed E-state index contributed by atoms with van der Waals surface area (Å²) in [6, 6.07) is 5.37. The Morgan fingerprint density at radius 2 is 2.25 bits per heavy atom. The van der Waals surface area contributed by atoms with Crippen LogP contribution in [0.15, 0.2) is 18.2 Å². The van der Waals surface area contributed by atoms with Gasteiger partial charge in [0.05, 0.1) is 12.8 Å². The first-order valence-corrected chi connectivity index (χ1v) is 6.22. The SMILES string of the molecule is COc1cccc2c1N[C@@]1(NC(=O)C(F)(F)F)CC[C@@H]21. The second-order valence-corrected chi connectivity index (χ2v) is 5.06. The van der Waals surface area contributed by atoms with Crippen molar-refractivity contribution in [2.75, 3.05) is 12.4 Å². The number of carbonyl (C=O) groups is 1. The number of amides is 1. The molecule has 1 amide bonds. The molecule has 2 atom stereocenters. The van der Waals surface area contributed by atoms with E-state index < -0.39 is 17.7 Å². The number of rotatable bonds is 2. The quantitative estimate of drug-likeness (QED) is 0.877. The first-order chi connectivity index (χ1) is 9.37. The van der Waals surface area contributed by atoms with Crippen LogP contribution in [0.3, 0.4) is 0 Å². The Labute approximate surface area is 113 Å². The van der Waals surface area contributed by atoms with Gasteiger partial charge in [0.25, 0.3) is 0 Å². The van der Waals surface area contributed by atoms with E-state index in [9.17, 15) is 18.0 Å². The molecule has 0 spiro atoms. The normalized spacial score (nSPS) is 26.9. The third kappa shape index (κ3) is 1.72. The molecule has 0 aromatic heterocycles. The molecule has 20 heavy (non-hydrogen) atoms. The highest BCUT2D eigenvalue weighted by Crippen LogP contribution is 2.56. The molecule has 0 unspecified atom stereocenters. The zero-order chi connectivity index (χ0) is 14.5. The molecule has 2 N–H and O–H groups in total. The fourth-order valence-corrected chi connectivity index (χ4v) is 2.97. The number of hydrogen-bond acceptors (Lipinski definition) is 3. The number of benzene rings is 1. The molecular formula is C13H13F3N2O2. The highest BCUT2D eigenvalue weighted by molar-refractivity contribution is 5.84. The fourth-order valence-electron chi connectivity index (χ4n) is 2.97. The highest BCUT2D eigenvalue weighted by Gasteiger charge is 2.57. The Bertz CT molecular complexity index is 573. The number of ether oxygens (including phenoxy) is 1. The number of nitrogens with one attached hydrogen (secondary N) is 2. The number of halogens is 3. The van der Waals surface area contributed by atoms with Crippen LogP contribution in [0, 0.1) is 0 Å². The Morgan fingerprint density at radius 3 is 2.80 bits per heavy atom. The molecule has 0 saturated heterocycles. The van der Waals surface area contributed by atoms with Gasteiger partial charge in [-0.3, -0.25) is 4.79 Å². The van der Waals surface area contributed by atoms with Gasteiger partial charge in [-0.2, -0.15) is 13.2 Å². The predicted molar refractivity (Wildman–Crippen MR) is 65.5 cm³/mol. The maximum absolute atomic E-state index is 12.4. The minimum Gasteiger partial charge on any atom is -0.495 e. The highest BCUT2D eigenvalue weighted by atomic mass is 19.4. The van der Waals surface area contributed by atoms with Crippen molar-refractivity contribution in [3.05, 3.63) is 23.8 Å². The molecule has 0 radical (unpaired) electrons. The molecule has 7 heteroatoms. The van der Waals surface area contributed by atoms with Crippen molar-refractivity contribution in [2.45, 2.75) is 30.6 Å². The van der Waals surface area contributed by atoms with Crippen LogP contribution in [0.25, 0.3) is 0 Å². The van der Waals surface area contributed by atoms with E-state index in [0.29, 0.717) is 17.9 Å². The van der Waals surface area contributed by atoms with E-state index in [2.05, 4.69) is 10.6 Å². The van der Waals surface area contributed by atoms with Crippen molar-refractivity contribution in [3.8, 4) is 5.75 Å². The molecule has 4 nitrogen and oxygen atoms in total. The van der Waals surface area contributed by atoms with E-state index in [4.69, 9.17) is 4.74 Å². The molecule has 1 fully saturated rings. The van der Waals surface area contributed by atoms with Crippen LogP contribution in [0.5, 0.6) is 5.75 Å². The van der Waals surface area contributed by atoms with Crippen molar-refractivity contribution < 1.29 is 22.7 Å². The second kappa shape index (κ2) is 4.04. The summed E-state index contributed by atoms with van der Waals surface area (Å²) in [6.07, 6.45) is -3.70. The molecule has 1 aliphatic carbocycles. The average Bonchev–Trinajstić information content (AvgIpc) is 2.57. The summed E-state index contributed by atoms with van der Waals surface area (Å²) in [6.45, 7) is 0. The number of para-hydroxylation sites is 1. The van der Waals surface area contributed by atoms with Gasteiger partial charge in [0.1, 0.15) is 11.4 Å². The Balaban J connectivity index is 1.90. The average molecular weight is 286 g/mol. The van der Waals surface area contributed by atoms with Crippen LogP contribution < -0.4 is 15.4 Å². The van der Waals surface area contributed by atoms with Crippen molar-refractivity contribution in [1.82, 2.24) is 5.32 Å². The monoisotopic (exact) mass is 286 g/mol. The van der Waals surface area contributed by atoms with Gasteiger partial charge in [0.2, 0.25) is 0 Å². The third-order valence-corrected chi connectivity index (χ3v) is 4.02. The Kier molecular flexibility index (Phi) is 2.64. The lowest BCUT2D eigenvalue weighted by molar-refractivity contribution is -0.176. The molecule has 108 valence electrons. The van der Waals surface area contributed by atoms with Gasteiger partial charge in [-0.1, -0.05) is 12.1 Å². The van der Waals surface area contributed by atoms with Crippen molar-refractivity contribution in [2.24, 2.45) is 0 Å². The van der Waals surface area contributed by atoms with Crippen LogP contribution in [0.1, 0.15) is 24.3 Å². The third-order valence-electron chi connectivity index (χ3n) is 4.02. The number of methoxy groups -OCH3 is 1. The van der Waals surface area contributed by atoms with Crippen LogP contribution in [-0.4, -0.2) is 24.9 Å². The number of alkyl halides is 3. The first-order valence-electron chi connectivity index (χ1n) is 6.22. The summed E-state index contributed by atoms with van der Waals surface area (Å²) in [5.41, 5.74) is 0.516. The lowest BCUT2D eigenvalue weighted by atomic mass is 9.72. The van der Waals surface area contributed by atoms with Gasteiger partial charge in [-0.15, -0.1) is 0 Å². The van der Waals surface area contributed by atoms with Crippen molar-refractivity contribution in [3.63, 3.8) is 0 Å². The molecule has 1 aromatic carbocycles. The molecule has 0 bridgehead atoms. The Hall–Kier alpha value is -1.92. The van der Waals surface area contributed by atoms with E-state index >= 15 is 0 Å². The topological polar surface area (TPSA) is 50.4 Å². The molecule has 1 saturated carbocycles. The zero-order valence-electron chi connectivity index (χ0n) is 10.7. The van der Waals surface area contributed by atoms with Crippen LogP contribution in [0.4, 0.5) is 18.9 Å². The molecule has 2 aliphatic rings. The first kappa shape index (κ1) is 13.1.